The lowest BCUT2D eigenvalue weighted by Crippen LogP contribution is -2.24. The molecule has 0 aliphatic rings. The molecule has 0 aliphatic carbocycles. The first-order valence-electron chi connectivity index (χ1n) is 6.68. The fourth-order valence-electron chi connectivity index (χ4n) is 1.90. The van der Waals surface area contributed by atoms with E-state index in [0.717, 1.165) is 21.7 Å². The predicted molar refractivity (Wildman–Crippen MR) is 90.6 cm³/mol. The summed E-state index contributed by atoms with van der Waals surface area (Å²) >= 11 is 1.58. The van der Waals surface area contributed by atoms with Gasteiger partial charge in [0.1, 0.15) is 21.7 Å². The first-order chi connectivity index (χ1) is 9.72. The average molecular weight is 310 g/mol. The van der Waals surface area contributed by atoms with Crippen LogP contribution in [0.25, 0.3) is 12.2 Å². The van der Waals surface area contributed by atoms with Crippen LogP contribution in [-0.4, -0.2) is 86.2 Å². The summed E-state index contributed by atoms with van der Waals surface area (Å²) in [5, 5.41) is 10.3. The maximum Gasteiger partial charge on any atom is 0.144 e. The summed E-state index contributed by atoms with van der Waals surface area (Å²) in [5.41, 5.74) is 0. The molecule has 0 aromatic carbocycles. The highest BCUT2D eigenvalue weighted by atomic mass is 32.1. The Hall–Kier alpha value is -1.76. The molecule has 0 unspecified atom stereocenters. The number of rotatable bonds is 6. The van der Waals surface area contributed by atoms with E-state index in [4.69, 9.17) is 0 Å². The van der Waals surface area contributed by atoms with Crippen molar-refractivity contribution in [1.29, 1.82) is 0 Å². The van der Waals surface area contributed by atoms with Gasteiger partial charge in [0.15, 0.2) is 0 Å². The van der Waals surface area contributed by atoms with E-state index < -0.39 is 0 Å². The van der Waals surface area contributed by atoms with Crippen molar-refractivity contribution in [2.75, 3.05) is 56.4 Å². The van der Waals surface area contributed by atoms with Crippen molar-refractivity contribution in [3.63, 3.8) is 0 Å². The van der Waals surface area contributed by atoms with Crippen LogP contribution in [0.2, 0.25) is 0 Å². The van der Waals surface area contributed by atoms with Gasteiger partial charge in [-0.15, -0.1) is 10.2 Å². The third-order valence-corrected chi connectivity index (χ3v) is 3.61. The van der Waals surface area contributed by atoms with Gasteiger partial charge in [-0.3, -0.25) is 0 Å². The molecule has 0 bridgehead atoms. The molecule has 1 aromatic heterocycles. The van der Waals surface area contributed by atoms with Crippen LogP contribution < -0.4 is 0 Å². The van der Waals surface area contributed by atoms with Gasteiger partial charge >= 0.3 is 0 Å². The molecule has 0 saturated carbocycles. The predicted octanol–water partition coefficient (Wildman–Crippen LogP) is 1.38. The Kier molecular flexibility index (Phi) is 6.02. The van der Waals surface area contributed by atoms with Crippen LogP contribution >= 0.6 is 11.3 Å². The van der Waals surface area contributed by atoms with Crippen LogP contribution in [-0.2, 0) is 0 Å². The van der Waals surface area contributed by atoms with E-state index in [2.05, 4.69) is 29.8 Å². The summed E-state index contributed by atoms with van der Waals surface area (Å²) in [7, 11) is 16.1. The first kappa shape index (κ1) is 17.3. The van der Waals surface area contributed by atoms with Crippen molar-refractivity contribution in [2.24, 2.45) is 0 Å². The summed E-state index contributed by atoms with van der Waals surface area (Å²) < 4.78 is 0. The molecule has 1 rings (SSSR count). The lowest BCUT2D eigenvalue weighted by atomic mass is 10.5. The Morgan fingerprint density at radius 1 is 0.667 bits per heavy atom. The van der Waals surface area contributed by atoms with Crippen molar-refractivity contribution in [2.45, 2.75) is 0 Å². The number of hydrogen-bond acceptors (Lipinski definition) is 7. The topological polar surface area (TPSA) is 38.7 Å². The van der Waals surface area contributed by atoms with E-state index in [1.807, 2.05) is 68.5 Å². The highest BCUT2D eigenvalue weighted by molar-refractivity contribution is 7.13. The minimum atomic E-state index is 0.899. The maximum atomic E-state index is 4.25. The van der Waals surface area contributed by atoms with E-state index in [-0.39, 0.29) is 0 Å². The van der Waals surface area contributed by atoms with Crippen LogP contribution in [0.5, 0.6) is 0 Å². The molecule has 6 nitrogen and oxygen atoms in total. The second-order valence-corrected chi connectivity index (χ2v) is 6.60. The Morgan fingerprint density at radius 2 is 0.952 bits per heavy atom. The van der Waals surface area contributed by atoms with Crippen LogP contribution in [0.1, 0.15) is 10.0 Å². The molecule has 0 amide bonds. The summed E-state index contributed by atoms with van der Waals surface area (Å²) in [6.45, 7) is 0. The van der Waals surface area contributed by atoms with Gasteiger partial charge in [0.2, 0.25) is 0 Å². The molecule has 0 radical (unpaired) electrons. The van der Waals surface area contributed by atoms with Crippen LogP contribution in [0.3, 0.4) is 0 Å². The second-order valence-electron chi connectivity index (χ2n) is 5.56. The van der Waals surface area contributed by atoms with E-state index in [9.17, 15) is 0 Å². The highest BCUT2D eigenvalue weighted by Crippen LogP contribution is 2.18. The smallest absolute Gasteiger partial charge is 0.144 e. The van der Waals surface area contributed by atoms with Gasteiger partial charge in [0, 0.05) is 68.5 Å². The fourth-order valence-corrected chi connectivity index (χ4v) is 2.61. The van der Waals surface area contributed by atoms with Gasteiger partial charge in [0.25, 0.3) is 0 Å². The van der Waals surface area contributed by atoms with E-state index in [0.29, 0.717) is 0 Å². The van der Waals surface area contributed by atoms with Crippen LogP contribution in [0.15, 0.2) is 11.6 Å². The lowest BCUT2D eigenvalue weighted by molar-refractivity contribution is 0.348. The van der Waals surface area contributed by atoms with Gasteiger partial charge < -0.3 is 19.6 Å². The van der Waals surface area contributed by atoms with Crippen molar-refractivity contribution < 1.29 is 0 Å². The zero-order valence-corrected chi connectivity index (χ0v) is 15.1. The first-order valence-corrected chi connectivity index (χ1v) is 7.50. The van der Waals surface area contributed by atoms with E-state index in [1.165, 1.54) is 0 Å². The molecule has 1 heterocycles. The van der Waals surface area contributed by atoms with Gasteiger partial charge in [-0.1, -0.05) is 11.3 Å². The largest absolute Gasteiger partial charge is 0.364 e. The molecule has 1 aromatic rings. The van der Waals surface area contributed by atoms with E-state index >= 15 is 0 Å². The SMILES string of the molecule is CN(C)C(=Cc1nnc(C=C(N(C)C)N(C)C)s1)N(C)C. The van der Waals surface area contributed by atoms with Gasteiger partial charge in [-0.05, 0) is 0 Å². The molecule has 21 heavy (non-hydrogen) atoms. The van der Waals surface area contributed by atoms with Crippen LogP contribution in [0.4, 0.5) is 0 Å². The van der Waals surface area contributed by atoms with Crippen molar-refractivity contribution in [3.8, 4) is 0 Å². The Balaban J connectivity index is 3.06. The molecular formula is C14H26N6S. The lowest BCUT2D eigenvalue weighted by Gasteiger charge is -2.24. The standard InChI is InChI=1S/C14H26N6S/c1-17(2)13(18(3)4)9-11-15-16-12(21-11)10-14(19(5)6)20(7)8/h9-10H,1-8H3. The Bertz CT molecular complexity index is 449. The molecule has 0 saturated heterocycles. The molecule has 118 valence electrons. The van der Waals surface area contributed by atoms with Crippen LogP contribution in [0, 0.1) is 0 Å². The summed E-state index contributed by atoms with van der Waals surface area (Å²) in [5.74, 6) is 2.17. The zero-order chi connectivity index (χ0) is 16.2. The van der Waals surface area contributed by atoms with Gasteiger partial charge in [-0.2, -0.15) is 0 Å². The summed E-state index contributed by atoms with van der Waals surface area (Å²) in [6, 6.07) is 0. The molecule has 7 heteroatoms. The van der Waals surface area contributed by atoms with Gasteiger partial charge in [0.05, 0.1) is 0 Å². The van der Waals surface area contributed by atoms with Gasteiger partial charge in [-0.25, -0.2) is 0 Å². The normalized spacial score (nSPS) is 9.90. The third kappa shape index (κ3) is 4.93. The molecular weight excluding hydrogens is 284 g/mol. The van der Waals surface area contributed by atoms with Crippen molar-refractivity contribution >= 4 is 23.5 Å². The number of nitrogens with zero attached hydrogens (tertiary/aromatic N) is 6. The zero-order valence-electron chi connectivity index (χ0n) is 14.2. The van der Waals surface area contributed by atoms with E-state index in [1.54, 1.807) is 11.3 Å². The number of aromatic nitrogens is 2. The quantitative estimate of drug-likeness (QED) is 0.790. The third-order valence-electron chi connectivity index (χ3n) is 2.79. The molecule has 0 N–H and O–H groups in total. The average Bonchev–Trinajstić information content (AvgIpc) is 2.79. The minimum absolute atomic E-state index is 0.899. The minimum Gasteiger partial charge on any atom is -0.364 e. The Morgan fingerprint density at radius 3 is 1.19 bits per heavy atom. The highest BCUT2D eigenvalue weighted by Gasteiger charge is 2.08. The molecule has 0 aliphatic heterocycles. The number of hydrogen-bond donors (Lipinski definition) is 0. The maximum absolute atomic E-state index is 4.25. The Labute approximate surface area is 132 Å². The summed E-state index contributed by atoms with van der Waals surface area (Å²) in [4.78, 5) is 8.23. The second kappa shape index (κ2) is 7.31. The molecule has 0 spiro atoms. The molecule has 0 fully saturated rings. The summed E-state index contributed by atoms with van der Waals surface area (Å²) in [6.07, 6.45) is 4.08. The van der Waals surface area contributed by atoms with Crippen molar-refractivity contribution in [1.82, 2.24) is 29.8 Å². The molecule has 0 atom stereocenters. The monoisotopic (exact) mass is 310 g/mol. The van der Waals surface area contributed by atoms with Crippen molar-refractivity contribution in [3.05, 3.63) is 21.7 Å². The fraction of sp³-hybridized carbons (Fsp3) is 0.571.